The van der Waals surface area contributed by atoms with Crippen LogP contribution in [0, 0.1) is 25.1 Å². The minimum atomic E-state index is -0.602. The average Bonchev–Trinajstić information content (AvgIpc) is 2.96. The lowest BCUT2D eigenvalue weighted by atomic mass is 9.86. The maximum absolute atomic E-state index is 13.7. The van der Waals surface area contributed by atoms with E-state index < -0.39 is 5.41 Å². The Morgan fingerprint density at radius 2 is 1.55 bits per heavy atom. The number of thioether (sulfide) groups is 1. The monoisotopic (exact) mass is 555 g/mol. The fraction of sp³-hybridized carbons (Fsp3) is 0.286. The summed E-state index contributed by atoms with van der Waals surface area (Å²) in [5.41, 5.74) is 4.74. The SMILES string of the molecule is Cc1ccc(C)c(OCCCC(C)(C)C(=O)NC(c2ccc(F)cc2)c2ccc(SCc3ccccc3)cc2)c1. The van der Waals surface area contributed by atoms with Crippen LogP contribution in [0.25, 0.3) is 0 Å². The zero-order chi connectivity index (χ0) is 28.5. The summed E-state index contributed by atoms with van der Waals surface area (Å²) < 4.78 is 19.7. The van der Waals surface area contributed by atoms with E-state index in [2.05, 4.69) is 60.8 Å². The van der Waals surface area contributed by atoms with Gasteiger partial charge in [-0.05, 0) is 84.8 Å². The van der Waals surface area contributed by atoms with Gasteiger partial charge in [-0.15, -0.1) is 11.8 Å². The summed E-state index contributed by atoms with van der Waals surface area (Å²) in [5, 5.41) is 3.25. The van der Waals surface area contributed by atoms with Crippen molar-refractivity contribution in [2.75, 3.05) is 6.61 Å². The lowest BCUT2D eigenvalue weighted by Crippen LogP contribution is -2.39. The van der Waals surface area contributed by atoms with Gasteiger partial charge in [0.05, 0.1) is 12.6 Å². The van der Waals surface area contributed by atoms with E-state index in [1.165, 1.54) is 17.7 Å². The highest BCUT2D eigenvalue weighted by molar-refractivity contribution is 7.98. The van der Waals surface area contributed by atoms with Crippen LogP contribution in [0.3, 0.4) is 0 Å². The number of ether oxygens (including phenoxy) is 1. The summed E-state index contributed by atoms with van der Waals surface area (Å²) >= 11 is 1.77. The summed E-state index contributed by atoms with van der Waals surface area (Å²) in [5.74, 6) is 1.44. The Morgan fingerprint density at radius 3 is 2.23 bits per heavy atom. The van der Waals surface area contributed by atoms with E-state index in [9.17, 15) is 9.18 Å². The van der Waals surface area contributed by atoms with Crippen LogP contribution in [0.15, 0.2) is 102 Å². The number of halogens is 1. The molecule has 40 heavy (non-hydrogen) atoms. The van der Waals surface area contributed by atoms with Crippen molar-refractivity contribution < 1.29 is 13.9 Å². The third-order valence-corrected chi connectivity index (χ3v) is 8.19. The molecule has 0 aliphatic rings. The molecule has 0 fully saturated rings. The first kappa shape index (κ1) is 29.4. The predicted octanol–water partition coefficient (Wildman–Crippen LogP) is 8.83. The molecule has 0 aliphatic heterocycles. The highest BCUT2D eigenvalue weighted by atomic mass is 32.2. The van der Waals surface area contributed by atoms with Gasteiger partial charge in [0.2, 0.25) is 5.91 Å². The fourth-order valence-corrected chi connectivity index (χ4v) is 5.37. The van der Waals surface area contributed by atoms with Gasteiger partial charge in [-0.2, -0.15) is 0 Å². The van der Waals surface area contributed by atoms with Gasteiger partial charge in [0.1, 0.15) is 11.6 Å². The van der Waals surface area contributed by atoms with Gasteiger partial charge in [-0.25, -0.2) is 4.39 Å². The van der Waals surface area contributed by atoms with E-state index in [0.29, 0.717) is 13.0 Å². The second-order valence-electron chi connectivity index (χ2n) is 10.9. The van der Waals surface area contributed by atoms with Gasteiger partial charge in [-0.3, -0.25) is 4.79 Å². The molecule has 5 heteroatoms. The number of nitrogens with one attached hydrogen (secondary N) is 1. The molecule has 1 N–H and O–H groups in total. The summed E-state index contributed by atoms with van der Waals surface area (Å²) in [6.07, 6.45) is 1.43. The Hall–Kier alpha value is -3.57. The molecule has 1 unspecified atom stereocenters. The topological polar surface area (TPSA) is 38.3 Å². The molecule has 0 saturated carbocycles. The minimum absolute atomic E-state index is 0.0453. The first-order valence-electron chi connectivity index (χ1n) is 13.7. The molecule has 0 aromatic heterocycles. The van der Waals surface area contributed by atoms with Crippen LogP contribution >= 0.6 is 11.8 Å². The smallest absolute Gasteiger partial charge is 0.226 e. The predicted molar refractivity (Wildman–Crippen MR) is 163 cm³/mol. The number of rotatable bonds is 12. The molecule has 4 rings (SSSR count). The molecule has 0 spiro atoms. The number of hydrogen-bond donors (Lipinski definition) is 1. The molecule has 0 saturated heterocycles. The summed E-state index contributed by atoms with van der Waals surface area (Å²) in [6.45, 7) is 8.56. The third kappa shape index (κ3) is 8.22. The van der Waals surface area contributed by atoms with Crippen LogP contribution in [-0.2, 0) is 10.5 Å². The number of carbonyl (C=O) groups excluding carboxylic acids is 1. The van der Waals surface area contributed by atoms with E-state index in [-0.39, 0.29) is 17.8 Å². The lowest BCUT2D eigenvalue weighted by Gasteiger charge is -2.28. The van der Waals surface area contributed by atoms with Gasteiger partial charge in [0, 0.05) is 16.1 Å². The Labute approximate surface area is 242 Å². The van der Waals surface area contributed by atoms with Crippen molar-refractivity contribution in [2.45, 2.75) is 57.2 Å². The van der Waals surface area contributed by atoms with E-state index >= 15 is 0 Å². The Balaban J connectivity index is 1.41. The van der Waals surface area contributed by atoms with Crippen LogP contribution < -0.4 is 10.1 Å². The van der Waals surface area contributed by atoms with E-state index in [1.54, 1.807) is 23.9 Å². The maximum Gasteiger partial charge on any atom is 0.226 e. The molecule has 4 aromatic rings. The number of amides is 1. The quantitative estimate of drug-likeness (QED) is 0.140. The summed E-state index contributed by atoms with van der Waals surface area (Å²) in [4.78, 5) is 14.7. The van der Waals surface area contributed by atoms with Crippen LogP contribution in [0.2, 0.25) is 0 Å². The average molecular weight is 556 g/mol. The van der Waals surface area contributed by atoms with Gasteiger partial charge in [0.25, 0.3) is 0 Å². The normalized spacial score (nSPS) is 12.1. The zero-order valence-electron chi connectivity index (χ0n) is 23.7. The van der Waals surface area contributed by atoms with Crippen LogP contribution in [-0.4, -0.2) is 12.5 Å². The van der Waals surface area contributed by atoms with Crippen molar-refractivity contribution in [1.29, 1.82) is 0 Å². The maximum atomic E-state index is 13.7. The second kappa shape index (κ2) is 13.7. The molecule has 0 heterocycles. The highest BCUT2D eigenvalue weighted by Crippen LogP contribution is 2.30. The van der Waals surface area contributed by atoms with Crippen LogP contribution in [0.1, 0.15) is 60.5 Å². The molecule has 4 aromatic carbocycles. The number of carbonyl (C=O) groups is 1. The number of aryl methyl sites for hydroxylation is 2. The Morgan fingerprint density at radius 1 is 0.900 bits per heavy atom. The zero-order valence-corrected chi connectivity index (χ0v) is 24.6. The molecule has 0 radical (unpaired) electrons. The Kier molecular flexibility index (Phi) is 10.1. The van der Waals surface area contributed by atoms with Crippen LogP contribution in [0.5, 0.6) is 5.75 Å². The second-order valence-corrected chi connectivity index (χ2v) is 12.0. The first-order valence-corrected chi connectivity index (χ1v) is 14.7. The van der Waals surface area contributed by atoms with Crippen molar-refractivity contribution in [1.82, 2.24) is 5.32 Å². The molecular formula is C35H38FNO2S. The number of benzene rings is 4. The number of hydrogen-bond acceptors (Lipinski definition) is 3. The third-order valence-electron chi connectivity index (χ3n) is 7.10. The van der Waals surface area contributed by atoms with Crippen molar-refractivity contribution in [3.05, 3.63) is 131 Å². The van der Waals surface area contributed by atoms with Crippen molar-refractivity contribution in [2.24, 2.45) is 5.41 Å². The standard InChI is InChI=1S/C35H38FNO2S/c1-25-11-12-26(2)32(23-25)39-22-8-21-35(3,4)34(38)37-33(28-13-17-30(36)18-14-28)29-15-19-31(20-16-29)40-24-27-9-6-5-7-10-27/h5-7,9-20,23,33H,8,21-22,24H2,1-4H3,(H,37,38). The van der Waals surface area contributed by atoms with E-state index in [0.717, 1.165) is 45.1 Å². The molecule has 3 nitrogen and oxygen atoms in total. The minimum Gasteiger partial charge on any atom is -0.493 e. The Bertz CT molecular complexity index is 1390. The summed E-state index contributed by atoms with van der Waals surface area (Å²) in [6, 6.07) is 30.8. The molecule has 208 valence electrons. The summed E-state index contributed by atoms with van der Waals surface area (Å²) in [7, 11) is 0. The lowest BCUT2D eigenvalue weighted by molar-refractivity contribution is -0.130. The highest BCUT2D eigenvalue weighted by Gasteiger charge is 2.30. The van der Waals surface area contributed by atoms with Gasteiger partial charge in [-0.1, -0.05) is 80.6 Å². The van der Waals surface area contributed by atoms with Gasteiger partial charge < -0.3 is 10.1 Å². The van der Waals surface area contributed by atoms with Gasteiger partial charge >= 0.3 is 0 Å². The van der Waals surface area contributed by atoms with E-state index in [4.69, 9.17) is 4.74 Å². The van der Waals surface area contributed by atoms with Crippen molar-refractivity contribution in [3.8, 4) is 5.75 Å². The van der Waals surface area contributed by atoms with Crippen LogP contribution in [0.4, 0.5) is 4.39 Å². The molecule has 1 atom stereocenters. The molecule has 0 bridgehead atoms. The largest absolute Gasteiger partial charge is 0.493 e. The van der Waals surface area contributed by atoms with Crippen molar-refractivity contribution in [3.63, 3.8) is 0 Å². The van der Waals surface area contributed by atoms with E-state index in [1.807, 2.05) is 45.0 Å². The molecular weight excluding hydrogens is 517 g/mol. The fourth-order valence-electron chi connectivity index (χ4n) is 4.51. The molecule has 1 amide bonds. The van der Waals surface area contributed by atoms with Crippen molar-refractivity contribution >= 4 is 17.7 Å². The molecule has 0 aliphatic carbocycles. The first-order chi connectivity index (χ1) is 19.2. The van der Waals surface area contributed by atoms with Gasteiger partial charge in [0.15, 0.2) is 0 Å².